The lowest BCUT2D eigenvalue weighted by Gasteiger charge is -2.17. The predicted octanol–water partition coefficient (Wildman–Crippen LogP) is 4.80. The summed E-state index contributed by atoms with van der Waals surface area (Å²) in [4.78, 5) is 41.4. The fraction of sp³-hybridized carbons (Fsp3) is 0.0400. The first-order chi connectivity index (χ1) is 16.5. The Labute approximate surface area is 210 Å². The first-order valence-corrected chi connectivity index (χ1v) is 11.9. The number of hydrogen-bond donors (Lipinski definition) is 1. The average Bonchev–Trinajstić information content (AvgIpc) is 3.27. The molecule has 3 aromatic rings. The maximum atomic E-state index is 13.5. The minimum Gasteiger partial charge on any atom is -0.303 e. The molecule has 2 heterocycles. The maximum Gasteiger partial charge on any atom is 0.286 e. The molecule has 0 radical (unpaired) electrons. The van der Waals surface area contributed by atoms with Crippen molar-refractivity contribution < 1.29 is 14.4 Å². The van der Waals surface area contributed by atoms with Crippen molar-refractivity contribution in [2.24, 2.45) is 0 Å². The zero-order valence-electron chi connectivity index (χ0n) is 17.5. The monoisotopic (exact) mass is 505 g/mol. The Morgan fingerprint density at radius 3 is 2.35 bits per heavy atom. The molecule has 168 valence electrons. The minimum atomic E-state index is -0.572. The van der Waals surface area contributed by atoms with Crippen LogP contribution in [0.5, 0.6) is 0 Å². The SMILES string of the molecule is O=C(NN1C(=O)/C(=C2\C(=O)N(Cc3ccccc3)c3ccccc32)SC1=S)c1ccccc1Cl. The molecule has 3 amide bonds. The van der Waals surface area contributed by atoms with Gasteiger partial charge in [0.2, 0.25) is 0 Å². The summed E-state index contributed by atoms with van der Waals surface area (Å²) in [7, 11) is 0. The van der Waals surface area contributed by atoms with Gasteiger partial charge < -0.3 is 4.90 Å². The molecule has 9 heteroatoms. The molecular weight excluding hydrogens is 490 g/mol. The molecule has 2 aliphatic rings. The van der Waals surface area contributed by atoms with E-state index >= 15 is 0 Å². The topological polar surface area (TPSA) is 69.7 Å². The molecule has 0 unspecified atom stereocenters. The van der Waals surface area contributed by atoms with Gasteiger partial charge in [-0.05, 0) is 36.0 Å². The van der Waals surface area contributed by atoms with Crippen LogP contribution in [0.4, 0.5) is 5.69 Å². The van der Waals surface area contributed by atoms with Crippen molar-refractivity contribution in [2.75, 3.05) is 4.90 Å². The van der Waals surface area contributed by atoms with Gasteiger partial charge in [0.05, 0.1) is 33.3 Å². The predicted molar refractivity (Wildman–Crippen MR) is 137 cm³/mol. The summed E-state index contributed by atoms with van der Waals surface area (Å²) in [5, 5.41) is 1.24. The van der Waals surface area contributed by atoms with Gasteiger partial charge in [-0.2, -0.15) is 5.01 Å². The van der Waals surface area contributed by atoms with Gasteiger partial charge in [-0.15, -0.1) is 0 Å². The standard InChI is InChI=1S/C25H16ClN3O3S2/c26-18-12-6-4-10-16(18)22(30)27-29-24(32)21(34-25(29)33)20-17-11-5-7-13-19(17)28(23(20)31)14-15-8-2-1-3-9-15/h1-13H,14H2,(H,27,30)/b21-20+. The van der Waals surface area contributed by atoms with E-state index in [0.717, 1.165) is 28.0 Å². The number of benzene rings is 3. The highest BCUT2D eigenvalue weighted by molar-refractivity contribution is 8.26. The van der Waals surface area contributed by atoms with Crippen LogP contribution in [-0.4, -0.2) is 27.1 Å². The molecule has 0 aromatic heterocycles. The van der Waals surface area contributed by atoms with Gasteiger partial charge in [0.25, 0.3) is 17.7 Å². The van der Waals surface area contributed by atoms with Gasteiger partial charge >= 0.3 is 0 Å². The lowest BCUT2D eigenvalue weighted by Crippen LogP contribution is -2.45. The van der Waals surface area contributed by atoms with Crippen molar-refractivity contribution in [3.8, 4) is 0 Å². The number of hydrogen-bond acceptors (Lipinski definition) is 5. The number of carbonyl (C=O) groups is 3. The van der Waals surface area contributed by atoms with Crippen LogP contribution >= 0.6 is 35.6 Å². The number of fused-ring (bicyclic) bond motifs is 1. The summed E-state index contributed by atoms with van der Waals surface area (Å²) in [6, 6.07) is 23.4. The molecular formula is C25H16ClN3O3S2. The zero-order valence-corrected chi connectivity index (χ0v) is 19.9. The van der Waals surface area contributed by atoms with Crippen LogP contribution in [-0.2, 0) is 16.1 Å². The number of thiocarbonyl (C=S) groups is 1. The van der Waals surface area contributed by atoms with Crippen LogP contribution in [0.3, 0.4) is 0 Å². The van der Waals surface area contributed by atoms with E-state index in [4.69, 9.17) is 23.8 Å². The molecule has 1 fully saturated rings. The third kappa shape index (κ3) is 3.90. The van der Waals surface area contributed by atoms with E-state index in [1.54, 1.807) is 29.2 Å². The van der Waals surface area contributed by atoms with Gasteiger partial charge in [0, 0.05) is 5.56 Å². The second kappa shape index (κ2) is 9.06. The van der Waals surface area contributed by atoms with Gasteiger partial charge in [-0.3, -0.25) is 19.8 Å². The molecule has 5 rings (SSSR count). The van der Waals surface area contributed by atoms with Crippen molar-refractivity contribution in [3.63, 3.8) is 0 Å². The van der Waals surface area contributed by atoms with Crippen LogP contribution in [0.15, 0.2) is 83.8 Å². The summed E-state index contributed by atoms with van der Waals surface area (Å²) in [5.74, 6) is -1.42. The molecule has 34 heavy (non-hydrogen) atoms. The van der Waals surface area contributed by atoms with E-state index in [9.17, 15) is 14.4 Å². The van der Waals surface area contributed by atoms with Crippen molar-refractivity contribution >= 4 is 68.9 Å². The van der Waals surface area contributed by atoms with E-state index in [1.165, 1.54) is 0 Å². The number of carbonyl (C=O) groups excluding carboxylic acids is 3. The van der Waals surface area contributed by atoms with Crippen molar-refractivity contribution in [3.05, 3.63) is 105 Å². The normalized spacial score (nSPS) is 17.4. The second-order valence-corrected chi connectivity index (χ2v) is 9.58. The summed E-state index contributed by atoms with van der Waals surface area (Å²) in [6.45, 7) is 0.365. The highest BCUT2D eigenvalue weighted by Gasteiger charge is 2.42. The van der Waals surface area contributed by atoms with Crippen molar-refractivity contribution in [1.29, 1.82) is 0 Å². The van der Waals surface area contributed by atoms with E-state index in [-0.39, 0.29) is 31.3 Å². The van der Waals surface area contributed by atoms with Gasteiger partial charge in [0.1, 0.15) is 0 Å². The summed E-state index contributed by atoms with van der Waals surface area (Å²) >= 11 is 12.5. The molecule has 1 N–H and O–H groups in total. The molecule has 0 spiro atoms. The van der Waals surface area contributed by atoms with Crippen molar-refractivity contribution in [2.45, 2.75) is 6.54 Å². The number of nitrogens with one attached hydrogen (secondary N) is 1. The van der Waals surface area contributed by atoms with Crippen molar-refractivity contribution in [1.82, 2.24) is 10.4 Å². The molecule has 2 aliphatic heterocycles. The van der Waals surface area contributed by atoms with Crippen LogP contribution in [0, 0.1) is 0 Å². The van der Waals surface area contributed by atoms with E-state index in [0.29, 0.717) is 12.1 Å². The molecule has 3 aromatic carbocycles. The Hall–Kier alpha value is -3.46. The largest absolute Gasteiger partial charge is 0.303 e. The Kier molecular flexibility index (Phi) is 5.95. The summed E-state index contributed by atoms with van der Waals surface area (Å²) < 4.78 is 0.125. The fourth-order valence-corrected chi connectivity index (χ4v) is 5.32. The highest BCUT2D eigenvalue weighted by Crippen LogP contribution is 2.44. The Balaban J connectivity index is 1.48. The Bertz CT molecular complexity index is 1390. The third-order valence-corrected chi connectivity index (χ3v) is 7.14. The van der Waals surface area contributed by atoms with Gasteiger partial charge in [0.15, 0.2) is 4.32 Å². The van der Waals surface area contributed by atoms with E-state index in [2.05, 4.69) is 5.43 Å². The number of para-hydroxylation sites is 1. The van der Waals surface area contributed by atoms with E-state index < -0.39 is 11.8 Å². The van der Waals surface area contributed by atoms with Crippen LogP contribution in [0.2, 0.25) is 5.02 Å². The van der Waals surface area contributed by atoms with Crippen LogP contribution in [0.1, 0.15) is 21.5 Å². The maximum absolute atomic E-state index is 13.5. The third-order valence-electron chi connectivity index (χ3n) is 5.43. The number of thioether (sulfide) groups is 1. The first-order valence-electron chi connectivity index (χ1n) is 10.3. The van der Waals surface area contributed by atoms with Gasteiger partial charge in [-0.1, -0.05) is 84.0 Å². The fourth-order valence-electron chi connectivity index (χ4n) is 3.84. The zero-order chi connectivity index (χ0) is 23.8. The molecule has 1 saturated heterocycles. The Morgan fingerprint density at radius 1 is 0.912 bits per heavy atom. The molecule has 0 atom stereocenters. The number of anilines is 1. The number of amides is 3. The minimum absolute atomic E-state index is 0.125. The second-order valence-electron chi connectivity index (χ2n) is 7.53. The number of hydrazine groups is 1. The quantitative estimate of drug-likeness (QED) is 0.407. The number of nitrogens with zero attached hydrogens (tertiary/aromatic N) is 2. The van der Waals surface area contributed by atoms with Crippen LogP contribution in [0.25, 0.3) is 5.57 Å². The molecule has 0 saturated carbocycles. The Morgan fingerprint density at radius 2 is 1.59 bits per heavy atom. The summed E-state index contributed by atoms with van der Waals surface area (Å²) in [5.41, 5.74) is 5.34. The van der Waals surface area contributed by atoms with Crippen LogP contribution < -0.4 is 10.3 Å². The number of rotatable bonds is 4. The molecule has 0 aliphatic carbocycles. The average molecular weight is 506 g/mol. The smallest absolute Gasteiger partial charge is 0.286 e. The lowest BCUT2D eigenvalue weighted by atomic mass is 10.1. The van der Waals surface area contributed by atoms with Gasteiger partial charge in [-0.25, -0.2) is 0 Å². The first kappa shape index (κ1) is 22.3. The highest BCUT2D eigenvalue weighted by atomic mass is 35.5. The molecule has 6 nitrogen and oxygen atoms in total. The number of halogens is 1. The summed E-state index contributed by atoms with van der Waals surface area (Å²) in [6.07, 6.45) is 0. The van der Waals surface area contributed by atoms with E-state index in [1.807, 2.05) is 54.6 Å². The lowest BCUT2D eigenvalue weighted by molar-refractivity contribution is -0.124. The molecule has 0 bridgehead atoms.